The average Bonchev–Trinajstić information content (AvgIpc) is 2.82. The predicted octanol–water partition coefficient (Wildman–Crippen LogP) is 2.30. The van der Waals surface area contributed by atoms with Gasteiger partial charge in [-0.3, -0.25) is 9.52 Å². The van der Waals surface area contributed by atoms with E-state index in [1.807, 2.05) is 13.8 Å². The summed E-state index contributed by atoms with van der Waals surface area (Å²) in [5, 5.41) is 6.16. The monoisotopic (exact) mass is 476 g/mol. The summed E-state index contributed by atoms with van der Waals surface area (Å²) < 4.78 is 39.7. The van der Waals surface area contributed by atoms with Gasteiger partial charge < -0.3 is 25.0 Å². The predicted molar refractivity (Wildman–Crippen MR) is 129 cm³/mol. The van der Waals surface area contributed by atoms with Gasteiger partial charge in [0.2, 0.25) is 0 Å². The molecule has 0 unspecified atom stereocenters. The summed E-state index contributed by atoms with van der Waals surface area (Å²) in [6, 6.07) is 9.51. The number of anilines is 2. The Morgan fingerprint density at radius 2 is 1.76 bits per heavy atom. The highest BCUT2D eigenvalue weighted by molar-refractivity contribution is 7.92. The fourth-order valence-corrected chi connectivity index (χ4v) is 4.61. The highest BCUT2D eigenvalue weighted by Crippen LogP contribution is 2.33. The zero-order valence-corrected chi connectivity index (χ0v) is 20.3. The zero-order valence-electron chi connectivity index (χ0n) is 19.5. The van der Waals surface area contributed by atoms with Crippen LogP contribution in [0.4, 0.5) is 11.4 Å². The van der Waals surface area contributed by atoms with Crippen LogP contribution in [0.25, 0.3) is 0 Å². The SMILES string of the molecule is COc1ccc(S(=O)(=O)Nc2cc(C(=O)NCC(C)C)ccc2N2CCNCC2)cc1OC. The molecule has 10 heteroatoms. The van der Waals surface area contributed by atoms with Crippen LogP contribution in [0.5, 0.6) is 11.5 Å². The summed E-state index contributed by atoms with van der Waals surface area (Å²) in [5.41, 5.74) is 1.46. The number of carbonyl (C=O) groups excluding carboxylic acids is 1. The number of rotatable bonds is 9. The number of carbonyl (C=O) groups is 1. The van der Waals surface area contributed by atoms with Gasteiger partial charge >= 0.3 is 0 Å². The first-order valence-electron chi connectivity index (χ1n) is 10.9. The van der Waals surface area contributed by atoms with Crippen molar-refractivity contribution in [1.82, 2.24) is 10.6 Å². The molecule has 3 N–H and O–H groups in total. The van der Waals surface area contributed by atoms with Gasteiger partial charge in [0.15, 0.2) is 11.5 Å². The van der Waals surface area contributed by atoms with Crippen molar-refractivity contribution in [3.8, 4) is 11.5 Å². The molecule has 3 rings (SSSR count). The van der Waals surface area contributed by atoms with Crippen LogP contribution in [0.3, 0.4) is 0 Å². The molecule has 2 aromatic rings. The molecule has 1 aliphatic heterocycles. The highest BCUT2D eigenvalue weighted by Gasteiger charge is 2.22. The molecule has 0 aromatic heterocycles. The van der Waals surface area contributed by atoms with Crippen molar-refractivity contribution in [1.29, 1.82) is 0 Å². The van der Waals surface area contributed by atoms with Crippen molar-refractivity contribution in [2.45, 2.75) is 18.7 Å². The molecule has 1 fully saturated rings. The van der Waals surface area contributed by atoms with Gasteiger partial charge in [0.25, 0.3) is 15.9 Å². The van der Waals surface area contributed by atoms with Gasteiger partial charge in [-0.1, -0.05) is 13.8 Å². The van der Waals surface area contributed by atoms with E-state index in [0.717, 1.165) is 31.9 Å². The Morgan fingerprint density at radius 3 is 2.39 bits per heavy atom. The quantitative estimate of drug-likeness (QED) is 0.510. The van der Waals surface area contributed by atoms with Crippen molar-refractivity contribution in [3.05, 3.63) is 42.0 Å². The van der Waals surface area contributed by atoms with Crippen LogP contribution in [0.15, 0.2) is 41.3 Å². The van der Waals surface area contributed by atoms with Crippen LogP contribution in [0.1, 0.15) is 24.2 Å². The number of hydrogen-bond acceptors (Lipinski definition) is 7. The molecule has 2 aromatic carbocycles. The number of nitrogens with zero attached hydrogens (tertiary/aromatic N) is 1. The fraction of sp³-hybridized carbons (Fsp3) is 0.435. The van der Waals surface area contributed by atoms with Gasteiger partial charge in [-0.2, -0.15) is 0 Å². The van der Waals surface area contributed by atoms with E-state index < -0.39 is 10.0 Å². The van der Waals surface area contributed by atoms with Crippen molar-refractivity contribution in [2.24, 2.45) is 5.92 Å². The lowest BCUT2D eigenvalue weighted by Gasteiger charge is -2.31. The standard InChI is InChI=1S/C23H32N4O5S/c1-16(2)15-25-23(28)17-5-7-20(27-11-9-24-10-12-27)19(13-17)26-33(29,30)18-6-8-21(31-3)22(14-18)32-4/h5-8,13-14,16,24,26H,9-12,15H2,1-4H3,(H,25,28). The van der Waals surface area contributed by atoms with Crippen LogP contribution < -0.4 is 29.7 Å². The Hall–Kier alpha value is -2.98. The maximum absolute atomic E-state index is 13.3. The Kier molecular flexibility index (Phi) is 8.04. The molecule has 1 amide bonds. The summed E-state index contributed by atoms with van der Waals surface area (Å²) in [4.78, 5) is 14.8. The lowest BCUT2D eigenvalue weighted by molar-refractivity contribution is 0.0949. The molecule has 1 heterocycles. The van der Waals surface area contributed by atoms with Crippen LogP contribution in [-0.4, -0.2) is 61.3 Å². The third kappa shape index (κ3) is 6.08. The number of ether oxygens (including phenoxy) is 2. The second kappa shape index (κ2) is 10.8. The van der Waals surface area contributed by atoms with E-state index in [2.05, 4.69) is 20.3 Å². The topological polar surface area (TPSA) is 109 Å². The van der Waals surface area contributed by atoms with E-state index in [9.17, 15) is 13.2 Å². The minimum Gasteiger partial charge on any atom is -0.493 e. The second-order valence-electron chi connectivity index (χ2n) is 8.20. The lowest BCUT2D eigenvalue weighted by atomic mass is 10.1. The van der Waals surface area contributed by atoms with Crippen molar-refractivity contribution >= 4 is 27.3 Å². The zero-order chi connectivity index (χ0) is 24.0. The number of benzene rings is 2. The minimum absolute atomic E-state index is 0.0288. The maximum Gasteiger partial charge on any atom is 0.262 e. The number of amides is 1. The molecule has 9 nitrogen and oxygen atoms in total. The van der Waals surface area contributed by atoms with E-state index in [1.54, 1.807) is 24.3 Å². The Morgan fingerprint density at radius 1 is 1.06 bits per heavy atom. The molecule has 0 saturated carbocycles. The molecular weight excluding hydrogens is 444 g/mol. The van der Waals surface area contributed by atoms with Gasteiger partial charge in [-0.15, -0.1) is 0 Å². The summed E-state index contributed by atoms with van der Waals surface area (Å²) in [5.74, 6) is 0.797. The van der Waals surface area contributed by atoms with Crippen LogP contribution >= 0.6 is 0 Å². The maximum atomic E-state index is 13.3. The van der Waals surface area contributed by atoms with Gasteiger partial charge in [0, 0.05) is 44.4 Å². The van der Waals surface area contributed by atoms with Crippen LogP contribution in [-0.2, 0) is 10.0 Å². The van der Waals surface area contributed by atoms with Gasteiger partial charge in [0.1, 0.15) is 0 Å². The van der Waals surface area contributed by atoms with Gasteiger partial charge in [-0.05, 0) is 36.2 Å². The summed E-state index contributed by atoms with van der Waals surface area (Å²) in [6.07, 6.45) is 0. The fourth-order valence-electron chi connectivity index (χ4n) is 3.53. The number of methoxy groups -OCH3 is 2. The smallest absolute Gasteiger partial charge is 0.262 e. The Bertz CT molecular complexity index is 1080. The molecule has 0 radical (unpaired) electrons. The first kappa shape index (κ1) is 24.7. The van der Waals surface area contributed by atoms with E-state index in [0.29, 0.717) is 35.2 Å². The minimum atomic E-state index is -3.96. The van der Waals surface area contributed by atoms with E-state index in [1.165, 1.54) is 26.4 Å². The Labute approximate surface area is 195 Å². The lowest BCUT2D eigenvalue weighted by Crippen LogP contribution is -2.43. The molecule has 0 spiro atoms. The normalized spacial score (nSPS) is 14.2. The number of nitrogens with one attached hydrogen (secondary N) is 3. The van der Waals surface area contributed by atoms with Crippen LogP contribution in [0.2, 0.25) is 0 Å². The molecule has 1 aliphatic rings. The van der Waals surface area contributed by atoms with Crippen molar-refractivity contribution < 1.29 is 22.7 Å². The molecule has 180 valence electrons. The van der Waals surface area contributed by atoms with E-state index in [4.69, 9.17) is 9.47 Å². The largest absolute Gasteiger partial charge is 0.493 e. The van der Waals surface area contributed by atoms with E-state index >= 15 is 0 Å². The second-order valence-corrected chi connectivity index (χ2v) is 9.88. The third-order valence-corrected chi connectivity index (χ3v) is 6.66. The van der Waals surface area contributed by atoms with Gasteiger partial charge in [0.05, 0.1) is 30.5 Å². The van der Waals surface area contributed by atoms with Gasteiger partial charge in [-0.25, -0.2) is 8.42 Å². The third-order valence-electron chi connectivity index (χ3n) is 5.30. The number of sulfonamides is 1. The first-order chi connectivity index (χ1) is 15.7. The summed E-state index contributed by atoms with van der Waals surface area (Å²) in [6.45, 7) is 7.59. The summed E-state index contributed by atoms with van der Waals surface area (Å²) in [7, 11) is -1.03. The molecule has 0 atom stereocenters. The Balaban J connectivity index is 1.97. The van der Waals surface area contributed by atoms with Crippen molar-refractivity contribution in [3.63, 3.8) is 0 Å². The average molecular weight is 477 g/mol. The summed E-state index contributed by atoms with van der Waals surface area (Å²) >= 11 is 0. The number of hydrogen-bond donors (Lipinski definition) is 3. The molecule has 0 aliphatic carbocycles. The first-order valence-corrected chi connectivity index (χ1v) is 12.4. The molecule has 0 bridgehead atoms. The van der Waals surface area contributed by atoms with Crippen molar-refractivity contribution in [2.75, 3.05) is 56.6 Å². The van der Waals surface area contributed by atoms with E-state index in [-0.39, 0.29) is 10.8 Å². The molecule has 1 saturated heterocycles. The number of piperazine rings is 1. The highest BCUT2D eigenvalue weighted by atomic mass is 32.2. The van der Waals surface area contributed by atoms with Crippen LogP contribution in [0, 0.1) is 5.92 Å². The molecule has 33 heavy (non-hydrogen) atoms. The molecular formula is C23H32N4O5S.